The van der Waals surface area contributed by atoms with Gasteiger partial charge in [-0.15, -0.1) is 0 Å². The van der Waals surface area contributed by atoms with Gasteiger partial charge in [0.15, 0.2) is 11.4 Å². The molecule has 1 saturated heterocycles. The molecule has 0 spiro atoms. The molecule has 2 aliphatic heterocycles. The average Bonchev–Trinajstić information content (AvgIpc) is 3.29. The van der Waals surface area contributed by atoms with Gasteiger partial charge in [0.25, 0.3) is 0 Å². The Morgan fingerprint density at radius 2 is 1.94 bits per heavy atom. The fourth-order valence-corrected chi connectivity index (χ4v) is 4.98. The Morgan fingerprint density at radius 3 is 2.78 bits per heavy atom. The molecule has 0 radical (unpaired) electrons. The van der Waals surface area contributed by atoms with Gasteiger partial charge in [-0.25, -0.2) is 19.2 Å². The number of carbonyl (C=O) groups is 1. The number of hydrogen-bond acceptors (Lipinski definition) is 5. The van der Waals surface area contributed by atoms with E-state index < -0.39 is 5.76 Å². The maximum atomic E-state index is 13.3. The van der Waals surface area contributed by atoms with Crippen molar-refractivity contribution < 1.29 is 13.6 Å². The molecule has 1 amide bonds. The highest BCUT2D eigenvalue weighted by Crippen LogP contribution is 2.43. The number of para-hydroxylation sites is 2. The molecule has 4 aromatic rings. The topological polar surface area (TPSA) is 81.2 Å². The van der Waals surface area contributed by atoms with Crippen molar-refractivity contribution >= 4 is 17.0 Å². The number of oxazole rings is 1. The van der Waals surface area contributed by atoms with Crippen LogP contribution >= 0.6 is 0 Å². The summed E-state index contributed by atoms with van der Waals surface area (Å²) in [7, 11) is 0. The molecular formula is C24H19FN4O3. The maximum Gasteiger partial charge on any atom is 0.420 e. The van der Waals surface area contributed by atoms with Gasteiger partial charge in [-0.1, -0.05) is 12.1 Å². The predicted molar refractivity (Wildman–Crippen MR) is 114 cm³/mol. The van der Waals surface area contributed by atoms with Crippen LogP contribution in [0.2, 0.25) is 0 Å². The predicted octanol–water partition coefficient (Wildman–Crippen LogP) is 3.48. The van der Waals surface area contributed by atoms with E-state index in [2.05, 4.69) is 4.98 Å². The van der Waals surface area contributed by atoms with Gasteiger partial charge in [-0.3, -0.25) is 9.36 Å². The molecule has 0 N–H and O–H groups in total. The Balaban J connectivity index is 1.30. The van der Waals surface area contributed by atoms with Gasteiger partial charge in [-0.2, -0.15) is 0 Å². The van der Waals surface area contributed by atoms with Gasteiger partial charge >= 0.3 is 5.76 Å². The third-order valence-corrected chi connectivity index (χ3v) is 6.45. The summed E-state index contributed by atoms with van der Waals surface area (Å²) in [6, 6.07) is 13.1. The molecule has 32 heavy (non-hydrogen) atoms. The zero-order valence-corrected chi connectivity index (χ0v) is 17.1. The third-order valence-electron chi connectivity index (χ3n) is 6.45. The summed E-state index contributed by atoms with van der Waals surface area (Å²) in [6.07, 6.45) is 4.13. The quantitative estimate of drug-likeness (QED) is 0.497. The summed E-state index contributed by atoms with van der Waals surface area (Å²) in [4.78, 5) is 36.7. The minimum absolute atomic E-state index is 0.0323. The van der Waals surface area contributed by atoms with Crippen molar-refractivity contribution in [3.05, 3.63) is 82.4 Å². The molecule has 7 nitrogen and oxygen atoms in total. The summed E-state index contributed by atoms with van der Waals surface area (Å²) < 4.78 is 19.9. The zero-order chi connectivity index (χ0) is 21.8. The van der Waals surface area contributed by atoms with Crippen LogP contribution in [-0.2, 0) is 17.8 Å². The van der Waals surface area contributed by atoms with Gasteiger partial charge in [0, 0.05) is 29.8 Å². The number of nitrogens with zero attached hydrogens (tertiary/aromatic N) is 4. The second kappa shape index (κ2) is 7.12. The molecule has 4 heterocycles. The van der Waals surface area contributed by atoms with E-state index in [4.69, 9.17) is 9.40 Å². The van der Waals surface area contributed by atoms with E-state index in [9.17, 15) is 14.0 Å². The van der Waals surface area contributed by atoms with Crippen LogP contribution in [0.25, 0.3) is 22.5 Å². The number of aromatic nitrogens is 3. The van der Waals surface area contributed by atoms with E-state index in [0.29, 0.717) is 23.3 Å². The number of benzene rings is 2. The van der Waals surface area contributed by atoms with Gasteiger partial charge in [0.2, 0.25) is 5.91 Å². The van der Waals surface area contributed by atoms with Crippen LogP contribution in [0.3, 0.4) is 0 Å². The Hall–Kier alpha value is -3.81. The Bertz CT molecular complexity index is 1410. The van der Waals surface area contributed by atoms with E-state index in [0.717, 1.165) is 29.7 Å². The number of rotatable bonds is 3. The lowest BCUT2D eigenvalue weighted by molar-refractivity contribution is -0.135. The van der Waals surface area contributed by atoms with Crippen LogP contribution in [0.5, 0.6) is 0 Å². The highest BCUT2D eigenvalue weighted by Gasteiger charge is 2.43. The summed E-state index contributed by atoms with van der Waals surface area (Å²) >= 11 is 0. The van der Waals surface area contributed by atoms with Crippen molar-refractivity contribution in [2.24, 2.45) is 0 Å². The molecule has 0 aliphatic carbocycles. The van der Waals surface area contributed by atoms with Crippen molar-refractivity contribution in [3.8, 4) is 11.4 Å². The number of fused-ring (bicyclic) bond motifs is 5. The van der Waals surface area contributed by atoms with E-state index in [1.807, 2.05) is 11.0 Å². The minimum Gasteiger partial charge on any atom is -0.408 e. The lowest BCUT2D eigenvalue weighted by atomic mass is 9.98. The first-order valence-electron chi connectivity index (χ1n) is 10.6. The van der Waals surface area contributed by atoms with Crippen LogP contribution in [0.15, 0.2) is 63.9 Å². The molecule has 0 unspecified atom stereocenters. The lowest BCUT2D eigenvalue weighted by Crippen LogP contribution is -2.44. The standard InChI is InChI=1S/C24H19FN4O3/c25-15-7-5-14(6-8-15)23-26-12-17-18(27-23)11-16-9-10-19(17)29(16)22(30)13-28-20-3-1-2-4-21(20)32-24(28)31/h1-8,12,16,19H,9-11,13H2/t16-,19+/m0/s1. The number of hydrogen-bond donors (Lipinski definition) is 0. The molecular weight excluding hydrogens is 411 g/mol. The van der Waals surface area contributed by atoms with Crippen LogP contribution in [0.1, 0.15) is 30.1 Å². The van der Waals surface area contributed by atoms with Crippen molar-refractivity contribution in [2.75, 3.05) is 0 Å². The van der Waals surface area contributed by atoms with Crippen molar-refractivity contribution in [3.63, 3.8) is 0 Å². The fourth-order valence-electron chi connectivity index (χ4n) is 4.98. The Kier molecular flexibility index (Phi) is 4.21. The first-order valence-corrected chi connectivity index (χ1v) is 10.6. The molecule has 2 aromatic heterocycles. The molecule has 2 atom stereocenters. The minimum atomic E-state index is -0.531. The maximum absolute atomic E-state index is 13.3. The SMILES string of the molecule is O=C(Cn1c(=O)oc2ccccc21)N1[C@H]2CC[C@@H]1c1cnc(-c3ccc(F)cc3)nc1C2. The molecule has 0 saturated carbocycles. The van der Waals surface area contributed by atoms with Gasteiger partial charge in [0.05, 0.1) is 17.3 Å². The van der Waals surface area contributed by atoms with Gasteiger partial charge in [0.1, 0.15) is 12.4 Å². The molecule has 2 bridgehead atoms. The average molecular weight is 430 g/mol. The molecule has 8 heteroatoms. The second-order valence-electron chi connectivity index (χ2n) is 8.28. The summed E-state index contributed by atoms with van der Waals surface area (Å²) in [5.41, 5.74) is 3.72. The van der Waals surface area contributed by atoms with Crippen LogP contribution < -0.4 is 5.76 Å². The van der Waals surface area contributed by atoms with Crippen molar-refractivity contribution in [1.29, 1.82) is 0 Å². The normalized spacial score (nSPS) is 19.3. The first-order chi connectivity index (χ1) is 15.6. The molecule has 2 aromatic carbocycles. The van der Waals surface area contributed by atoms with E-state index in [1.54, 1.807) is 36.5 Å². The highest BCUT2D eigenvalue weighted by molar-refractivity contribution is 5.81. The van der Waals surface area contributed by atoms with E-state index >= 15 is 0 Å². The van der Waals surface area contributed by atoms with E-state index in [-0.39, 0.29) is 30.4 Å². The number of amides is 1. The molecule has 1 fully saturated rings. The summed E-state index contributed by atoms with van der Waals surface area (Å²) in [6.45, 7) is -0.0628. The van der Waals surface area contributed by atoms with Gasteiger partial charge in [-0.05, 0) is 49.2 Å². The lowest BCUT2D eigenvalue weighted by Gasteiger charge is -2.35. The monoisotopic (exact) mass is 430 g/mol. The summed E-state index contributed by atoms with van der Waals surface area (Å²) in [5.74, 6) is -0.390. The second-order valence-corrected chi connectivity index (χ2v) is 8.28. The van der Waals surface area contributed by atoms with E-state index in [1.165, 1.54) is 16.7 Å². The van der Waals surface area contributed by atoms with Crippen LogP contribution in [0.4, 0.5) is 4.39 Å². The largest absolute Gasteiger partial charge is 0.420 e. The molecule has 6 rings (SSSR count). The van der Waals surface area contributed by atoms with Crippen molar-refractivity contribution in [2.45, 2.75) is 37.9 Å². The van der Waals surface area contributed by atoms with Crippen LogP contribution in [-0.4, -0.2) is 31.4 Å². The zero-order valence-electron chi connectivity index (χ0n) is 17.1. The third kappa shape index (κ3) is 2.94. The number of carbonyl (C=O) groups excluding carboxylic acids is 1. The highest BCUT2D eigenvalue weighted by atomic mass is 19.1. The first kappa shape index (κ1) is 18.9. The smallest absolute Gasteiger partial charge is 0.408 e. The fraction of sp³-hybridized carbons (Fsp3) is 0.250. The van der Waals surface area contributed by atoms with Gasteiger partial charge < -0.3 is 9.32 Å². The van der Waals surface area contributed by atoms with Crippen molar-refractivity contribution in [1.82, 2.24) is 19.4 Å². The van der Waals surface area contributed by atoms with Crippen LogP contribution in [0, 0.1) is 5.82 Å². The molecule has 2 aliphatic rings. The summed E-state index contributed by atoms with van der Waals surface area (Å²) in [5, 5.41) is 0. The molecule has 160 valence electrons. The Morgan fingerprint density at radius 1 is 1.12 bits per heavy atom. The Labute approximate surface area is 182 Å². The number of halogens is 1.